The van der Waals surface area contributed by atoms with Crippen molar-refractivity contribution in [3.63, 3.8) is 0 Å². The number of hydrogen-bond acceptors (Lipinski definition) is 4. The van der Waals surface area contributed by atoms with E-state index in [-0.39, 0.29) is 0 Å². The first-order chi connectivity index (χ1) is 30.7. The van der Waals surface area contributed by atoms with Crippen LogP contribution in [-0.4, -0.2) is 0 Å². The Morgan fingerprint density at radius 3 is 1.56 bits per heavy atom. The largest absolute Gasteiger partial charge is 0.456 e. The van der Waals surface area contributed by atoms with Crippen molar-refractivity contribution in [3.8, 4) is 33.4 Å². The zero-order valence-corrected chi connectivity index (χ0v) is 33.4. The molecular weight excluding hydrogens is 759 g/mol. The van der Waals surface area contributed by atoms with Crippen LogP contribution in [0, 0.1) is 0 Å². The van der Waals surface area contributed by atoms with Crippen LogP contribution in [0.4, 0.5) is 17.1 Å². The van der Waals surface area contributed by atoms with Gasteiger partial charge in [0.1, 0.15) is 33.5 Å². The maximum atomic E-state index is 6.57. The SMILES string of the molecule is c1ccc(N(c2ccc(-c3ccc4oc5ccccc5c4c3)cc2)c2ccc(-c3cccc4oc5ccccc5c34)cc2)c(-c2cccc3oc4cc5ccccc5cc4c23)c1. The minimum Gasteiger partial charge on any atom is -0.456 e. The van der Waals surface area contributed by atoms with E-state index >= 15 is 0 Å². The molecule has 13 rings (SSSR count). The first-order valence-electron chi connectivity index (χ1n) is 21.0. The van der Waals surface area contributed by atoms with Gasteiger partial charge in [0.25, 0.3) is 0 Å². The van der Waals surface area contributed by atoms with Crippen LogP contribution in [0.2, 0.25) is 0 Å². The molecule has 0 aliphatic heterocycles. The Morgan fingerprint density at radius 1 is 0.274 bits per heavy atom. The second-order valence-electron chi connectivity index (χ2n) is 16.0. The number of hydrogen-bond donors (Lipinski definition) is 0. The Hall–Kier alpha value is -8.34. The summed E-state index contributed by atoms with van der Waals surface area (Å²) in [6, 6.07) is 75.2. The lowest BCUT2D eigenvalue weighted by molar-refractivity contribution is 0.668. The molecule has 4 nitrogen and oxygen atoms in total. The molecule has 0 unspecified atom stereocenters. The van der Waals surface area contributed by atoms with Gasteiger partial charge in [-0.1, -0.05) is 133 Å². The number of benzene rings is 10. The van der Waals surface area contributed by atoms with Crippen molar-refractivity contribution in [3.05, 3.63) is 212 Å². The molecule has 0 saturated heterocycles. The van der Waals surface area contributed by atoms with Crippen LogP contribution >= 0.6 is 0 Å². The molecule has 10 aromatic carbocycles. The van der Waals surface area contributed by atoms with Crippen LogP contribution in [0.15, 0.2) is 226 Å². The average Bonchev–Trinajstić information content (AvgIpc) is 4.02. The van der Waals surface area contributed by atoms with E-state index in [1.165, 1.54) is 5.39 Å². The van der Waals surface area contributed by atoms with Crippen molar-refractivity contribution in [2.75, 3.05) is 4.90 Å². The third kappa shape index (κ3) is 5.40. The molecule has 0 aliphatic carbocycles. The minimum atomic E-state index is 0.867. The molecule has 0 bridgehead atoms. The number of rotatable bonds is 6. The highest BCUT2D eigenvalue weighted by Crippen LogP contribution is 2.46. The highest BCUT2D eigenvalue weighted by Gasteiger charge is 2.22. The zero-order valence-electron chi connectivity index (χ0n) is 33.4. The fraction of sp³-hybridized carbons (Fsp3) is 0. The third-order valence-electron chi connectivity index (χ3n) is 12.5. The van der Waals surface area contributed by atoms with Crippen LogP contribution in [0.25, 0.3) is 110 Å². The minimum absolute atomic E-state index is 0.867. The molecule has 13 aromatic rings. The quantitative estimate of drug-likeness (QED) is 0.168. The molecule has 0 N–H and O–H groups in total. The Balaban J connectivity index is 0.978. The summed E-state index contributed by atoms with van der Waals surface area (Å²) in [6.45, 7) is 0. The fourth-order valence-electron chi connectivity index (χ4n) is 9.57. The van der Waals surface area contributed by atoms with Gasteiger partial charge in [0.2, 0.25) is 0 Å². The van der Waals surface area contributed by atoms with E-state index in [1.807, 2.05) is 24.3 Å². The van der Waals surface area contributed by atoms with Gasteiger partial charge in [0.05, 0.1) is 5.69 Å². The molecule has 3 aromatic heterocycles. The first-order valence-corrected chi connectivity index (χ1v) is 21.0. The molecule has 4 heteroatoms. The fourth-order valence-corrected chi connectivity index (χ4v) is 9.57. The van der Waals surface area contributed by atoms with Gasteiger partial charge in [0, 0.05) is 49.3 Å². The third-order valence-corrected chi connectivity index (χ3v) is 12.5. The van der Waals surface area contributed by atoms with Gasteiger partial charge in [-0.05, 0) is 117 Å². The monoisotopic (exact) mass is 793 g/mol. The van der Waals surface area contributed by atoms with Crippen LogP contribution in [0.3, 0.4) is 0 Å². The molecule has 62 heavy (non-hydrogen) atoms. The van der Waals surface area contributed by atoms with Crippen molar-refractivity contribution in [1.29, 1.82) is 0 Å². The van der Waals surface area contributed by atoms with Gasteiger partial charge in [-0.25, -0.2) is 0 Å². The maximum absolute atomic E-state index is 6.57. The summed E-state index contributed by atoms with van der Waals surface area (Å²) < 4.78 is 19.0. The van der Waals surface area contributed by atoms with Crippen LogP contribution < -0.4 is 4.90 Å². The smallest absolute Gasteiger partial charge is 0.136 e. The van der Waals surface area contributed by atoms with E-state index in [2.05, 4.69) is 193 Å². The highest BCUT2D eigenvalue weighted by atomic mass is 16.3. The van der Waals surface area contributed by atoms with E-state index in [0.29, 0.717) is 0 Å². The summed E-state index contributed by atoms with van der Waals surface area (Å²) in [5.74, 6) is 0. The second-order valence-corrected chi connectivity index (χ2v) is 16.0. The number of anilines is 3. The second kappa shape index (κ2) is 13.6. The predicted molar refractivity (Wildman–Crippen MR) is 257 cm³/mol. The van der Waals surface area contributed by atoms with Crippen molar-refractivity contribution in [2.24, 2.45) is 0 Å². The van der Waals surface area contributed by atoms with Gasteiger partial charge >= 0.3 is 0 Å². The Labute approximate surface area is 356 Å². The average molecular weight is 794 g/mol. The standard InChI is InChI=1S/C58H35NO3/c1-2-12-39-35-56-49(34-38(39)11-1)58-46(17-10-22-55(58)62-56)44-13-3-6-18-50(44)59(41-28-23-36(24-29-41)40-27-32-53-48(33-40)45-14-4-7-19-51(45)60-53)42-30-25-37(26-31-42)43-16-9-21-54-57(43)47-15-5-8-20-52(47)61-54/h1-35H. The molecular formula is C58H35NO3. The number of fused-ring (bicyclic) bond motifs is 10. The van der Waals surface area contributed by atoms with Crippen LogP contribution in [-0.2, 0) is 0 Å². The molecule has 0 aliphatic rings. The van der Waals surface area contributed by atoms with E-state index < -0.39 is 0 Å². The predicted octanol–water partition coefficient (Wildman–Crippen LogP) is 17.0. The summed E-state index contributed by atoms with van der Waals surface area (Å²) in [7, 11) is 0. The molecule has 0 spiro atoms. The first kappa shape index (κ1) is 34.5. The summed E-state index contributed by atoms with van der Waals surface area (Å²) in [6.07, 6.45) is 0. The Bertz CT molecular complexity index is 3870. The van der Waals surface area contributed by atoms with E-state index in [9.17, 15) is 0 Å². The van der Waals surface area contributed by atoms with E-state index in [0.717, 1.165) is 122 Å². The maximum Gasteiger partial charge on any atom is 0.136 e. The lowest BCUT2D eigenvalue weighted by Crippen LogP contribution is -2.11. The highest BCUT2D eigenvalue weighted by molar-refractivity contribution is 6.17. The van der Waals surface area contributed by atoms with Gasteiger partial charge < -0.3 is 18.2 Å². The molecule has 0 saturated carbocycles. The number of nitrogens with zero attached hydrogens (tertiary/aromatic N) is 1. The Morgan fingerprint density at radius 2 is 0.790 bits per heavy atom. The van der Waals surface area contributed by atoms with Crippen molar-refractivity contribution in [2.45, 2.75) is 0 Å². The van der Waals surface area contributed by atoms with Gasteiger partial charge in [-0.15, -0.1) is 0 Å². The van der Waals surface area contributed by atoms with Crippen molar-refractivity contribution < 1.29 is 13.3 Å². The number of furan rings is 3. The van der Waals surface area contributed by atoms with Gasteiger partial charge in [-0.3, -0.25) is 0 Å². The van der Waals surface area contributed by atoms with E-state index in [1.54, 1.807) is 0 Å². The lowest BCUT2D eigenvalue weighted by Gasteiger charge is -2.28. The normalized spacial score (nSPS) is 11.9. The number of para-hydroxylation sites is 3. The lowest BCUT2D eigenvalue weighted by atomic mass is 9.95. The molecule has 3 heterocycles. The summed E-state index contributed by atoms with van der Waals surface area (Å²) in [5.41, 5.74) is 15.2. The topological polar surface area (TPSA) is 42.7 Å². The summed E-state index contributed by atoms with van der Waals surface area (Å²) >= 11 is 0. The molecule has 0 radical (unpaired) electrons. The van der Waals surface area contributed by atoms with Crippen LogP contribution in [0.1, 0.15) is 0 Å². The summed E-state index contributed by atoms with van der Waals surface area (Å²) in [5, 5.41) is 9.04. The van der Waals surface area contributed by atoms with Crippen LogP contribution in [0.5, 0.6) is 0 Å². The van der Waals surface area contributed by atoms with Gasteiger partial charge in [0.15, 0.2) is 0 Å². The molecule has 290 valence electrons. The van der Waals surface area contributed by atoms with E-state index in [4.69, 9.17) is 13.3 Å². The van der Waals surface area contributed by atoms with Crippen molar-refractivity contribution >= 4 is 93.7 Å². The van der Waals surface area contributed by atoms with Gasteiger partial charge in [-0.2, -0.15) is 0 Å². The Kier molecular flexibility index (Phi) is 7.57. The van der Waals surface area contributed by atoms with Crippen molar-refractivity contribution in [1.82, 2.24) is 0 Å². The molecule has 0 amide bonds. The summed E-state index contributed by atoms with van der Waals surface area (Å²) in [4.78, 5) is 2.38. The zero-order chi connectivity index (χ0) is 40.7. The molecule has 0 fully saturated rings. The molecule has 0 atom stereocenters.